The maximum absolute atomic E-state index is 13.8. The average molecular weight is 1130 g/mol. The number of carbonyl (C=O) groups excluding carboxylic acids is 4. The third-order valence-electron chi connectivity index (χ3n) is 13.3. The summed E-state index contributed by atoms with van der Waals surface area (Å²) in [5.41, 5.74) is 4.98. The first-order valence-electron chi connectivity index (χ1n) is 25.6. The van der Waals surface area contributed by atoms with Crippen LogP contribution in [-0.2, 0) is 43.8 Å². The van der Waals surface area contributed by atoms with Gasteiger partial charge in [0.1, 0.15) is 11.8 Å². The fraction of sp³-hybridized carbons (Fsp3) is 0.322. The largest absolute Gasteiger partial charge is 0.483 e. The van der Waals surface area contributed by atoms with Crippen LogP contribution in [0, 0.1) is 24.2 Å². The number of hydrogen-bond donors (Lipinski definition) is 6. The van der Waals surface area contributed by atoms with Crippen LogP contribution in [0.2, 0.25) is 10.0 Å². The number of benzene rings is 5. The Kier molecular flexibility index (Phi) is 20.2. The van der Waals surface area contributed by atoms with Crippen molar-refractivity contribution in [1.82, 2.24) is 25.4 Å². The number of piperazine rings is 1. The summed E-state index contributed by atoms with van der Waals surface area (Å²) in [5.74, 6) is -1.72. The number of pyridine rings is 1. The number of nitrogens with two attached hydrogens (primary N) is 1. The highest BCUT2D eigenvalue weighted by Crippen LogP contribution is 2.33. The summed E-state index contributed by atoms with van der Waals surface area (Å²) in [6.45, 7) is 9.91. The minimum Gasteiger partial charge on any atom is -0.483 e. The zero-order valence-electron chi connectivity index (χ0n) is 44.2. The highest BCUT2D eigenvalue weighted by Gasteiger charge is 2.37. The number of carbonyl (C=O) groups is 4. The minimum atomic E-state index is -3.87. The minimum absolute atomic E-state index is 0.0712. The van der Waals surface area contributed by atoms with Crippen LogP contribution >= 0.6 is 23.2 Å². The Hall–Kier alpha value is -7.05. The molecule has 0 radical (unpaired) electrons. The number of halogens is 2. The number of nitriles is 1. The highest BCUT2D eigenvalue weighted by atomic mass is 35.5. The molecule has 5 aromatic carbocycles. The van der Waals surface area contributed by atoms with Crippen molar-refractivity contribution in [3.05, 3.63) is 188 Å². The van der Waals surface area contributed by atoms with E-state index in [4.69, 9.17) is 38.3 Å². The van der Waals surface area contributed by atoms with E-state index in [1.807, 2.05) is 99.8 Å². The number of ketones is 1. The topological polar surface area (TPSA) is 257 Å². The number of ether oxygens (including phenoxy) is 1. The van der Waals surface area contributed by atoms with E-state index in [0.717, 1.165) is 28.8 Å². The molecule has 2 aliphatic rings. The number of rotatable bonds is 18. The number of aromatic nitrogens is 1. The Morgan fingerprint density at radius 1 is 0.911 bits per heavy atom. The van der Waals surface area contributed by atoms with Gasteiger partial charge in [0.15, 0.2) is 12.4 Å². The fourth-order valence-corrected chi connectivity index (χ4v) is 10.6. The van der Waals surface area contributed by atoms with Gasteiger partial charge in [0.2, 0.25) is 21.8 Å². The number of amides is 3. The summed E-state index contributed by atoms with van der Waals surface area (Å²) >= 11 is 12.1. The molecule has 1 fully saturated rings. The number of nitrogens with zero attached hydrogens (tertiary/aromatic N) is 4. The van der Waals surface area contributed by atoms with Crippen molar-refractivity contribution in [3.63, 3.8) is 0 Å². The molecule has 0 saturated carbocycles. The summed E-state index contributed by atoms with van der Waals surface area (Å²) in [6, 6.07) is 35.1. The second-order valence-corrected chi connectivity index (χ2v) is 23.2. The second kappa shape index (κ2) is 26.7. The number of primary sulfonamides is 1. The molecule has 6 aromatic rings. The van der Waals surface area contributed by atoms with Crippen LogP contribution < -0.4 is 25.8 Å². The van der Waals surface area contributed by atoms with Crippen LogP contribution in [0.25, 0.3) is 0 Å². The van der Waals surface area contributed by atoms with Crippen LogP contribution in [0.3, 0.4) is 0 Å². The van der Waals surface area contributed by atoms with E-state index >= 15 is 0 Å². The predicted octanol–water partition coefficient (Wildman–Crippen LogP) is 6.94. The number of β-amino-alcohol motifs (C(OH)–C–C–N with tert-alkyl or cyclic N) is 1. The van der Waals surface area contributed by atoms with Crippen molar-refractivity contribution in [2.24, 2.45) is 11.1 Å². The van der Waals surface area contributed by atoms with Crippen LogP contribution in [-0.4, -0.2) is 113 Å². The van der Waals surface area contributed by atoms with Gasteiger partial charge in [-0.1, -0.05) is 83.9 Å². The van der Waals surface area contributed by atoms with Crippen molar-refractivity contribution >= 4 is 62.4 Å². The highest BCUT2D eigenvalue weighted by molar-refractivity contribution is 7.89. The zero-order chi connectivity index (χ0) is 57.0. The first-order valence-corrected chi connectivity index (χ1v) is 27.9. The number of aliphatic hydroxyl groups excluding tert-OH is 2. The molecule has 3 amide bonds. The quantitative estimate of drug-likeness (QED) is 0.0478. The van der Waals surface area contributed by atoms with Crippen molar-refractivity contribution in [2.45, 2.75) is 88.2 Å². The molecule has 5 atom stereocenters. The Labute approximate surface area is 470 Å². The summed E-state index contributed by atoms with van der Waals surface area (Å²) < 4.78 is 28.5. The molecular weight excluding hydrogens is 1070 g/mol. The van der Waals surface area contributed by atoms with E-state index in [2.05, 4.69) is 30.7 Å². The van der Waals surface area contributed by atoms with E-state index < -0.39 is 64.1 Å². The number of aryl methyl sites for hydroxylation is 1. The van der Waals surface area contributed by atoms with Gasteiger partial charge in [-0.25, -0.2) is 13.6 Å². The van der Waals surface area contributed by atoms with Crippen molar-refractivity contribution in [3.8, 4) is 11.8 Å². The number of fused-ring (bicyclic) bond motifs is 1. The van der Waals surface area contributed by atoms with Crippen molar-refractivity contribution < 1.29 is 42.5 Å². The smallest absolute Gasteiger partial charge is 0.262 e. The van der Waals surface area contributed by atoms with Crippen LogP contribution in [0.15, 0.2) is 139 Å². The lowest BCUT2D eigenvalue weighted by Crippen LogP contribution is -2.61. The lowest BCUT2D eigenvalue weighted by molar-refractivity contribution is -0.132. The van der Waals surface area contributed by atoms with Gasteiger partial charge in [0, 0.05) is 84.3 Å². The fourth-order valence-electron chi connectivity index (χ4n) is 9.59. The summed E-state index contributed by atoms with van der Waals surface area (Å²) in [5, 5.41) is 45.8. The number of hydrogen-bond acceptors (Lipinski definition) is 13. The standard InChI is InChI=1S/C36H47N5O4.C23H17Cl2N3O5S/c1-36(2,3)39-35(45)31-24-40(22-26-12-9-15-37-21-26)16-17-41(31)23-29(42)19-28(18-25-10-5-4-6-11-25)34(44)38-33-30-14-8-7-13-27(30)20-32(33)43;1-13-6-18(34(27,31)32)3-4-20(13)28-22(29)12-33-21-5-2-16(24)10-19(21)23(30)15-7-14(11-26)8-17(25)9-15/h4-15,21,28-29,31-33,42-43H,16-20,22-24H2,1-3H3,(H,38,44)(H,39,45);2-10H,12H2,1H3,(H,28,29)(H2,27,31,32)/t28-,29+,31+,32-,33+;/m1./s1. The van der Waals surface area contributed by atoms with Crippen molar-refractivity contribution in [1.29, 1.82) is 5.26 Å². The summed E-state index contributed by atoms with van der Waals surface area (Å²) in [6.07, 6.45) is 3.26. The van der Waals surface area contributed by atoms with E-state index in [1.165, 1.54) is 54.6 Å². The molecule has 1 aliphatic carbocycles. The maximum atomic E-state index is 13.8. The third kappa shape index (κ3) is 17.0. The number of anilines is 1. The van der Waals surface area contributed by atoms with Gasteiger partial charge in [-0.3, -0.25) is 34.0 Å². The first-order chi connectivity index (χ1) is 37.5. The van der Waals surface area contributed by atoms with E-state index in [0.29, 0.717) is 43.7 Å². The molecule has 0 unspecified atom stereocenters. The lowest BCUT2D eigenvalue weighted by atomic mass is 9.91. The normalized spacial score (nSPS) is 17.2. The zero-order valence-corrected chi connectivity index (χ0v) is 46.6. The van der Waals surface area contributed by atoms with Crippen LogP contribution in [0.4, 0.5) is 5.69 Å². The second-order valence-electron chi connectivity index (χ2n) is 20.7. The van der Waals surface area contributed by atoms with E-state index in [1.54, 1.807) is 13.1 Å². The molecule has 1 saturated heterocycles. The average Bonchev–Trinajstić information content (AvgIpc) is 3.73. The van der Waals surface area contributed by atoms with Crippen molar-refractivity contribution in [2.75, 3.05) is 38.1 Å². The Balaban J connectivity index is 0.000000238. The molecule has 0 spiro atoms. The molecule has 1 aliphatic heterocycles. The van der Waals surface area contributed by atoms with Gasteiger partial charge >= 0.3 is 0 Å². The first kappa shape index (κ1) is 59.6. The Bertz CT molecular complexity index is 3300. The maximum Gasteiger partial charge on any atom is 0.262 e. The van der Waals surface area contributed by atoms with Crippen LogP contribution in [0.1, 0.15) is 82.5 Å². The van der Waals surface area contributed by atoms with E-state index in [9.17, 15) is 37.8 Å². The number of aliphatic hydroxyl groups is 2. The van der Waals surface area contributed by atoms with E-state index in [-0.39, 0.29) is 62.2 Å². The molecule has 0 bridgehead atoms. The SMILES string of the molecule is CC(C)(C)NC(=O)[C@@H]1CN(Cc2cccnc2)CCN1C[C@@H](O)C[C@@H](Cc1ccccc1)C(=O)N[C@H]1c2ccccc2C[C@H]1O.Cc1cc(S(N)(=O)=O)ccc1NC(=O)COc1ccc(Cl)cc1C(=O)c1cc(Cl)cc(C#N)c1. The molecule has 414 valence electrons. The Morgan fingerprint density at radius 3 is 2.34 bits per heavy atom. The third-order valence-corrected chi connectivity index (χ3v) is 14.7. The van der Waals surface area contributed by atoms with Gasteiger partial charge in [-0.2, -0.15) is 5.26 Å². The lowest BCUT2D eigenvalue weighted by Gasteiger charge is -2.42. The Morgan fingerprint density at radius 2 is 1.65 bits per heavy atom. The summed E-state index contributed by atoms with van der Waals surface area (Å²) in [7, 11) is -3.87. The molecule has 1 aromatic heterocycles. The summed E-state index contributed by atoms with van der Waals surface area (Å²) in [4.78, 5) is 61.3. The molecule has 7 N–H and O–H groups in total. The predicted molar refractivity (Wildman–Crippen MR) is 302 cm³/mol. The van der Waals surface area contributed by atoms with Gasteiger partial charge in [0.05, 0.1) is 40.3 Å². The molecule has 8 rings (SSSR count). The van der Waals surface area contributed by atoms with Gasteiger partial charge < -0.3 is 30.9 Å². The molecule has 79 heavy (non-hydrogen) atoms. The van der Waals surface area contributed by atoms with Gasteiger partial charge in [-0.15, -0.1) is 0 Å². The van der Waals surface area contributed by atoms with Gasteiger partial charge in [-0.05, 0) is 129 Å². The molecule has 17 nitrogen and oxygen atoms in total. The monoisotopic (exact) mass is 1130 g/mol. The molecule has 2 heterocycles. The van der Waals surface area contributed by atoms with Gasteiger partial charge in [0.25, 0.3) is 5.91 Å². The molecule has 20 heteroatoms. The molecular formula is C59H64Cl2N8O9S. The van der Waals surface area contributed by atoms with Crippen LogP contribution in [0.5, 0.6) is 5.75 Å². The number of sulfonamides is 1. The number of nitrogens with one attached hydrogen (secondary N) is 3.